The lowest BCUT2D eigenvalue weighted by atomic mass is 10.0. The molecule has 402 valence electrons. The lowest BCUT2D eigenvalue weighted by molar-refractivity contribution is -0.167. The second-order valence-corrected chi connectivity index (χ2v) is 20.3. The summed E-state index contributed by atoms with van der Waals surface area (Å²) in [5, 5.41) is 0. The van der Waals surface area contributed by atoms with Crippen LogP contribution in [0.2, 0.25) is 0 Å². The molecule has 6 nitrogen and oxygen atoms in total. The van der Waals surface area contributed by atoms with Gasteiger partial charge in [-0.3, -0.25) is 14.4 Å². The molecule has 0 radical (unpaired) electrons. The summed E-state index contributed by atoms with van der Waals surface area (Å²) >= 11 is 0. The summed E-state index contributed by atoms with van der Waals surface area (Å²) in [4.78, 5) is 38.0. The highest BCUT2D eigenvalue weighted by Crippen LogP contribution is 2.16. The molecule has 0 rings (SSSR count). The Morgan fingerprint density at radius 2 is 0.522 bits per heavy atom. The van der Waals surface area contributed by atoms with Crippen molar-refractivity contribution in [3.63, 3.8) is 0 Å². The average molecular weight is 968 g/mol. The Bertz CT molecular complexity index is 1200. The number of hydrogen-bond donors (Lipinski definition) is 0. The van der Waals surface area contributed by atoms with Crippen LogP contribution in [-0.2, 0) is 28.6 Å². The van der Waals surface area contributed by atoms with Crippen LogP contribution >= 0.6 is 0 Å². The highest BCUT2D eigenvalue weighted by molar-refractivity contribution is 5.71. The Hall–Kier alpha value is -2.63. The number of allylic oxidation sites excluding steroid dienone is 8. The van der Waals surface area contributed by atoms with Crippen molar-refractivity contribution in [2.75, 3.05) is 13.2 Å². The fourth-order valence-corrected chi connectivity index (χ4v) is 8.74. The number of hydrogen-bond acceptors (Lipinski definition) is 6. The van der Waals surface area contributed by atoms with Crippen LogP contribution < -0.4 is 0 Å². The number of unbranched alkanes of at least 4 members (excludes halogenated alkanes) is 36. The van der Waals surface area contributed by atoms with Gasteiger partial charge in [0, 0.05) is 19.3 Å². The van der Waals surface area contributed by atoms with Crippen LogP contribution in [0.25, 0.3) is 0 Å². The molecular weight excluding hydrogens is 853 g/mol. The molecule has 0 aliphatic carbocycles. The van der Waals surface area contributed by atoms with Gasteiger partial charge in [0.1, 0.15) is 13.2 Å². The van der Waals surface area contributed by atoms with Crippen molar-refractivity contribution in [1.29, 1.82) is 0 Å². The third kappa shape index (κ3) is 56.2. The third-order valence-corrected chi connectivity index (χ3v) is 13.3. The lowest BCUT2D eigenvalue weighted by Crippen LogP contribution is -2.30. The molecule has 0 saturated carbocycles. The zero-order chi connectivity index (χ0) is 50.0. The maximum Gasteiger partial charge on any atom is 0.306 e. The van der Waals surface area contributed by atoms with E-state index in [1.54, 1.807) is 0 Å². The predicted octanol–water partition coefficient (Wildman–Crippen LogP) is 20.2. The van der Waals surface area contributed by atoms with E-state index in [0.717, 1.165) is 77.0 Å². The molecule has 0 aliphatic heterocycles. The van der Waals surface area contributed by atoms with Gasteiger partial charge in [-0.1, -0.05) is 262 Å². The summed E-state index contributed by atoms with van der Waals surface area (Å²) in [6.45, 7) is 6.63. The summed E-state index contributed by atoms with van der Waals surface area (Å²) in [5.41, 5.74) is 0. The molecule has 6 heteroatoms. The first-order valence-electron chi connectivity index (χ1n) is 30.1. The van der Waals surface area contributed by atoms with Crippen molar-refractivity contribution in [2.45, 2.75) is 322 Å². The highest BCUT2D eigenvalue weighted by atomic mass is 16.6. The van der Waals surface area contributed by atoms with E-state index in [-0.39, 0.29) is 31.1 Å². The van der Waals surface area contributed by atoms with Gasteiger partial charge < -0.3 is 14.2 Å². The Balaban J connectivity index is 4.17. The van der Waals surface area contributed by atoms with Crippen molar-refractivity contribution < 1.29 is 28.6 Å². The summed E-state index contributed by atoms with van der Waals surface area (Å²) in [7, 11) is 0. The molecule has 0 amide bonds. The summed E-state index contributed by atoms with van der Waals surface area (Å²) in [5.74, 6) is -0.873. The van der Waals surface area contributed by atoms with Gasteiger partial charge in [-0.05, 0) is 83.5 Å². The van der Waals surface area contributed by atoms with Gasteiger partial charge >= 0.3 is 17.9 Å². The molecule has 0 saturated heterocycles. The van der Waals surface area contributed by atoms with E-state index in [1.807, 2.05) is 0 Å². The molecule has 1 atom stereocenters. The van der Waals surface area contributed by atoms with Crippen molar-refractivity contribution in [2.24, 2.45) is 0 Å². The Kier molecular flexibility index (Phi) is 55.7. The van der Waals surface area contributed by atoms with E-state index in [4.69, 9.17) is 14.2 Å². The van der Waals surface area contributed by atoms with Crippen LogP contribution in [0.3, 0.4) is 0 Å². The minimum absolute atomic E-state index is 0.0739. The van der Waals surface area contributed by atoms with E-state index < -0.39 is 6.10 Å². The molecule has 0 heterocycles. The second kappa shape index (κ2) is 57.9. The van der Waals surface area contributed by atoms with E-state index in [9.17, 15) is 14.4 Å². The van der Waals surface area contributed by atoms with Crippen molar-refractivity contribution in [3.05, 3.63) is 48.6 Å². The Morgan fingerprint density at radius 3 is 0.826 bits per heavy atom. The SMILES string of the molecule is CCCCCCC/C=C\C/C=C\C/C=C\CCCCCCCCCCCCCCC(=O)OCC(COC(=O)CCCCCCCCCCC)OC(=O)CCCCCCC/C=C\CCCCCCCC. The Morgan fingerprint density at radius 1 is 0.290 bits per heavy atom. The molecule has 1 unspecified atom stereocenters. The van der Waals surface area contributed by atoms with E-state index >= 15 is 0 Å². The minimum Gasteiger partial charge on any atom is -0.462 e. The van der Waals surface area contributed by atoms with Crippen LogP contribution in [0.1, 0.15) is 316 Å². The van der Waals surface area contributed by atoms with Gasteiger partial charge in [0.2, 0.25) is 0 Å². The fraction of sp³-hybridized carbons (Fsp3) is 0.825. The molecule has 69 heavy (non-hydrogen) atoms. The van der Waals surface area contributed by atoms with Gasteiger partial charge in [0.05, 0.1) is 0 Å². The lowest BCUT2D eigenvalue weighted by Gasteiger charge is -2.18. The van der Waals surface area contributed by atoms with Crippen LogP contribution in [-0.4, -0.2) is 37.2 Å². The largest absolute Gasteiger partial charge is 0.462 e. The van der Waals surface area contributed by atoms with E-state index in [1.165, 1.54) is 199 Å². The first-order chi connectivity index (χ1) is 34.0. The molecule has 0 spiro atoms. The molecule has 0 N–H and O–H groups in total. The van der Waals surface area contributed by atoms with E-state index in [0.29, 0.717) is 19.3 Å². The molecule has 0 aromatic heterocycles. The van der Waals surface area contributed by atoms with E-state index in [2.05, 4.69) is 69.4 Å². The summed E-state index contributed by atoms with van der Waals surface area (Å²) in [6, 6.07) is 0. The zero-order valence-corrected chi connectivity index (χ0v) is 46.1. The van der Waals surface area contributed by atoms with Crippen LogP contribution in [0.4, 0.5) is 0 Å². The summed E-state index contributed by atoms with van der Waals surface area (Å²) in [6.07, 6.45) is 71.2. The number of rotatable bonds is 55. The van der Waals surface area contributed by atoms with Crippen molar-refractivity contribution >= 4 is 17.9 Å². The zero-order valence-electron chi connectivity index (χ0n) is 46.1. The molecule has 0 bridgehead atoms. The van der Waals surface area contributed by atoms with Gasteiger partial charge in [0.25, 0.3) is 0 Å². The molecule has 0 aromatic rings. The standard InChI is InChI=1S/C63H114O6/c1-4-7-10-13-16-19-21-23-25-26-27-28-29-30-31-32-33-34-35-36-38-39-41-44-47-50-53-56-62(65)68-59-60(58-67-61(64)55-52-49-46-43-18-15-12-9-6-3)69-63(66)57-54-51-48-45-42-40-37-24-22-20-17-14-11-8-5-2/h21,23-24,26-27,29-30,37,60H,4-20,22,25,28,31-36,38-59H2,1-3H3/b23-21-,27-26-,30-29-,37-24-. The van der Waals surface area contributed by atoms with Crippen molar-refractivity contribution in [3.8, 4) is 0 Å². The van der Waals surface area contributed by atoms with Crippen LogP contribution in [0.5, 0.6) is 0 Å². The maximum atomic E-state index is 12.8. The Labute approximate surface area is 428 Å². The van der Waals surface area contributed by atoms with Gasteiger partial charge in [-0.2, -0.15) is 0 Å². The first kappa shape index (κ1) is 66.4. The number of ether oxygens (including phenoxy) is 3. The summed E-state index contributed by atoms with van der Waals surface area (Å²) < 4.78 is 16.8. The third-order valence-electron chi connectivity index (χ3n) is 13.3. The fourth-order valence-electron chi connectivity index (χ4n) is 8.74. The first-order valence-corrected chi connectivity index (χ1v) is 30.1. The van der Waals surface area contributed by atoms with Crippen LogP contribution in [0.15, 0.2) is 48.6 Å². The van der Waals surface area contributed by atoms with Crippen molar-refractivity contribution in [1.82, 2.24) is 0 Å². The van der Waals surface area contributed by atoms with Gasteiger partial charge in [-0.25, -0.2) is 0 Å². The normalized spacial score (nSPS) is 12.3. The van der Waals surface area contributed by atoms with Gasteiger partial charge in [-0.15, -0.1) is 0 Å². The predicted molar refractivity (Wildman–Crippen MR) is 298 cm³/mol. The highest BCUT2D eigenvalue weighted by Gasteiger charge is 2.19. The number of carbonyl (C=O) groups excluding carboxylic acids is 3. The minimum atomic E-state index is -0.774. The molecular formula is C63H114O6. The van der Waals surface area contributed by atoms with Gasteiger partial charge in [0.15, 0.2) is 6.10 Å². The average Bonchev–Trinajstić information content (AvgIpc) is 3.35. The topological polar surface area (TPSA) is 78.9 Å². The van der Waals surface area contributed by atoms with Crippen LogP contribution in [0, 0.1) is 0 Å². The maximum absolute atomic E-state index is 12.8. The second-order valence-electron chi connectivity index (χ2n) is 20.3. The smallest absolute Gasteiger partial charge is 0.306 e. The quantitative estimate of drug-likeness (QED) is 0.0262. The molecule has 0 aromatic carbocycles. The molecule has 0 aliphatic rings. The number of carbonyl (C=O) groups is 3. The number of esters is 3. The molecule has 0 fully saturated rings. The monoisotopic (exact) mass is 967 g/mol.